The van der Waals surface area contributed by atoms with Crippen molar-refractivity contribution in [2.24, 2.45) is 0 Å². The molecule has 0 heterocycles. The molecular formula is C26H37N3O4S. The SMILES string of the molecule is CCNC(=O)[C@H](CC)N(Cc1ccccc1)C(=O)CCCN(c1cc(C)ccc1C)S(C)(=O)=O. The molecule has 2 aromatic rings. The number of aryl methyl sites for hydroxylation is 2. The van der Waals surface area contributed by atoms with Gasteiger partial charge in [-0.25, -0.2) is 8.42 Å². The van der Waals surface area contributed by atoms with Gasteiger partial charge in [-0.15, -0.1) is 0 Å². The number of sulfonamides is 1. The smallest absolute Gasteiger partial charge is 0.242 e. The molecule has 0 radical (unpaired) electrons. The lowest BCUT2D eigenvalue weighted by molar-refractivity contribution is -0.141. The van der Waals surface area contributed by atoms with Crippen molar-refractivity contribution in [1.29, 1.82) is 0 Å². The lowest BCUT2D eigenvalue weighted by Gasteiger charge is -2.31. The van der Waals surface area contributed by atoms with Gasteiger partial charge in [0.1, 0.15) is 6.04 Å². The van der Waals surface area contributed by atoms with E-state index in [0.717, 1.165) is 16.7 Å². The lowest BCUT2D eigenvalue weighted by atomic mass is 10.1. The van der Waals surface area contributed by atoms with Crippen molar-refractivity contribution in [2.45, 2.75) is 59.5 Å². The minimum absolute atomic E-state index is 0.139. The molecular weight excluding hydrogens is 450 g/mol. The van der Waals surface area contributed by atoms with Gasteiger partial charge in [-0.05, 0) is 56.4 Å². The first-order chi connectivity index (χ1) is 16.1. The molecule has 2 amide bonds. The summed E-state index contributed by atoms with van der Waals surface area (Å²) in [6.45, 7) is 8.52. The number of likely N-dealkylation sites (N-methyl/N-ethyl adjacent to an activating group) is 1. The Labute approximate surface area is 204 Å². The highest BCUT2D eigenvalue weighted by molar-refractivity contribution is 7.92. The summed E-state index contributed by atoms with van der Waals surface area (Å²) in [5, 5.41) is 2.82. The molecule has 1 atom stereocenters. The van der Waals surface area contributed by atoms with Crippen LogP contribution < -0.4 is 9.62 Å². The molecule has 0 unspecified atom stereocenters. The Balaban J connectivity index is 2.21. The van der Waals surface area contributed by atoms with Crippen LogP contribution in [0.25, 0.3) is 0 Å². The number of carbonyl (C=O) groups excluding carboxylic acids is 2. The van der Waals surface area contributed by atoms with E-state index in [2.05, 4.69) is 5.32 Å². The molecule has 0 spiro atoms. The highest BCUT2D eigenvalue weighted by Gasteiger charge is 2.28. The number of benzene rings is 2. The first kappa shape index (κ1) is 27.4. The number of anilines is 1. The Morgan fingerprint density at radius 2 is 1.71 bits per heavy atom. The van der Waals surface area contributed by atoms with E-state index in [4.69, 9.17) is 0 Å². The van der Waals surface area contributed by atoms with E-state index in [9.17, 15) is 18.0 Å². The van der Waals surface area contributed by atoms with E-state index in [0.29, 0.717) is 31.6 Å². The van der Waals surface area contributed by atoms with Crippen LogP contribution in [0.15, 0.2) is 48.5 Å². The molecule has 0 saturated heterocycles. The van der Waals surface area contributed by atoms with Crippen LogP contribution in [0.2, 0.25) is 0 Å². The van der Waals surface area contributed by atoms with Crippen LogP contribution >= 0.6 is 0 Å². The summed E-state index contributed by atoms with van der Waals surface area (Å²) >= 11 is 0. The van der Waals surface area contributed by atoms with Gasteiger partial charge < -0.3 is 10.2 Å². The largest absolute Gasteiger partial charge is 0.355 e. The molecule has 186 valence electrons. The van der Waals surface area contributed by atoms with Crippen molar-refractivity contribution in [1.82, 2.24) is 10.2 Å². The Morgan fingerprint density at radius 1 is 1.03 bits per heavy atom. The number of hydrogen-bond acceptors (Lipinski definition) is 4. The maximum absolute atomic E-state index is 13.3. The average Bonchev–Trinajstić information content (AvgIpc) is 2.78. The maximum Gasteiger partial charge on any atom is 0.242 e. The van der Waals surface area contributed by atoms with Crippen molar-refractivity contribution in [3.8, 4) is 0 Å². The van der Waals surface area contributed by atoms with Gasteiger partial charge in [-0.3, -0.25) is 13.9 Å². The number of nitrogens with zero attached hydrogens (tertiary/aromatic N) is 2. The molecule has 2 aromatic carbocycles. The van der Waals surface area contributed by atoms with Gasteiger partial charge in [0, 0.05) is 26.1 Å². The van der Waals surface area contributed by atoms with E-state index < -0.39 is 16.1 Å². The number of rotatable bonds is 12. The molecule has 7 nitrogen and oxygen atoms in total. The van der Waals surface area contributed by atoms with E-state index in [1.165, 1.54) is 10.6 Å². The third kappa shape index (κ3) is 7.58. The summed E-state index contributed by atoms with van der Waals surface area (Å²) < 4.78 is 26.4. The molecule has 0 aromatic heterocycles. The van der Waals surface area contributed by atoms with Crippen LogP contribution in [-0.4, -0.2) is 50.5 Å². The fourth-order valence-corrected chi connectivity index (χ4v) is 4.98. The normalized spacial score (nSPS) is 12.1. The highest BCUT2D eigenvalue weighted by atomic mass is 32.2. The zero-order valence-corrected chi connectivity index (χ0v) is 21.7. The summed E-state index contributed by atoms with van der Waals surface area (Å²) in [6, 6.07) is 14.7. The third-order valence-corrected chi connectivity index (χ3v) is 6.90. The van der Waals surface area contributed by atoms with Crippen LogP contribution in [0.3, 0.4) is 0 Å². The fourth-order valence-electron chi connectivity index (χ4n) is 3.96. The summed E-state index contributed by atoms with van der Waals surface area (Å²) in [7, 11) is -3.52. The van der Waals surface area contributed by atoms with E-state index in [1.54, 1.807) is 4.90 Å². The molecule has 0 bridgehead atoms. The van der Waals surface area contributed by atoms with Crippen LogP contribution in [-0.2, 0) is 26.2 Å². The van der Waals surface area contributed by atoms with E-state index >= 15 is 0 Å². The van der Waals surface area contributed by atoms with E-state index in [-0.39, 0.29) is 24.8 Å². The quantitative estimate of drug-likeness (QED) is 0.493. The molecule has 0 aliphatic rings. The van der Waals surface area contributed by atoms with Gasteiger partial charge in [0.25, 0.3) is 0 Å². The summed E-state index contributed by atoms with van der Waals surface area (Å²) in [6.07, 6.45) is 2.15. The predicted octanol–water partition coefficient (Wildman–Crippen LogP) is 3.79. The van der Waals surface area contributed by atoms with Gasteiger partial charge >= 0.3 is 0 Å². The van der Waals surface area contributed by atoms with Crippen LogP contribution in [0.5, 0.6) is 0 Å². The van der Waals surface area contributed by atoms with Gasteiger partial charge in [-0.2, -0.15) is 0 Å². The zero-order valence-electron chi connectivity index (χ0n) is 20.9. The topological polar surface area (TPSA) is 86.8 Å². The summed E-state index contributed by atoms with van der Waals surface area (Å²) in [4.78, 5) is 27.6. The maximum atomic E-state index is 13.3. The summed E-state index contributed by atoms with van der Waals surface area (Å²) in [5.41, 5.74) is 3.39. The van der Waals surface area contributed by atoms with Crippen molar-refractivity contribution in [2.75, 3.05) is 23.7 Å². The van der Waals surface area contributed by atoms with Gasteiger partial charge in [0.2, 0.25) is 21.8 Å². The highest BCUT2D eigenvalue weighted by Crippen LogP contribution is 2.25. The van der Waals surface area contributed by atoms with Gasteiger partial charge in [0.05, 0.1) is 11.9 Å². The second kappa shape index (κ2) is 12.6. The molecule has 34 heavy (non-hydrogen) atoms. The Bertz CT molecular complexity index is 1070. The number of carbonyl (C=O) groups is 2. The van der Waals surface area contributed by atoms with Crippen LogP contribution in [0.4, 0.5) is 5.69 Å². The predicted molar refractivity (Wildman–Crippen MR) is 137 cm³/mol. The second-order valence-corrected chi connectivity index (χ2v) is 10.5. The number of amides is 2. The van der Waals surface area contributed by atoms with E-state index in [1.807, 2.05) is 76.2 Å². The third-order valence-electron chi connectivity index (χ3n) is 5.72. The average molecular weight is 488 g/mol. The first-order valence-corrected chi connectivity index (χ1v) is 13.6. The van der Waals surface area contributed by atoms with Crippen molar-refractivity contribution >= 4 is 27.5 Å². The van der Waals surface area contributed by atoms with Gasteiger partial charge in [0.15, 0.2) is 0 Å². The van der Waals surface area contributed by atoms with Crippen LogP contribution in [0.1, 0.15) is 49.8 Å². The Morgan fingerprint density at radius 3 is 2.29 bits per heavy atom. The monoisotopic (exact) mass is 487 g/mol. The minimum atomic E-state index is -3.52. The summed E-state index contributed by atoms with van der Waals surface area (Å²) in [5.74, 6) is -0.348. The fraction of sp³-hybridized carbons (Fsp3) is 0.462. The van der Waals surface area contributed by atoms with Crippen molar-refractivity contribution < 1.29 is 18.0 Å². The molecule has 1 N–H and O–H groups in total. The zero-order chi connectivity index (χ0) is 25.3. The molecule has 8 heteroatoms. The number of nitrogens with one attached hydrogen (secondary N) is 1. The number of hydrogen-bond donors (Lipinski definition) is 1. The molecule has 0 saturated carbocycles. The second-order valence-electron chi connectivity index (χ2n) is 8.55. The standard InChI is InChI=1S/C26H37N3O4S/c1-6-23(26(31)27-7-2)28(19-22-12-9-8-10-13-22)25(30)14-11-17-29(34(5,32)33)24-18-20(3)15-16-21(24)4/h8-10,12-13,15-16,18,23H,6-7,11,14,17,19H2,1-5H3,(H,27,31)/t23-/m0/s1. The van der Waals surface area contributed by atoms with Crippen molar-refractivity contribution in [3.05, 3.63) is 65.2 Å². The Hall–Kier alpha value is -2.87. The molecule has 0 aliphatic carbocycles. The van der Waals surface area contributed by atoms with Gasteiger partial charge in [-0.1, -0.05) is 49.4 Å². The van der Waals surface area contributed by atoms with Crippen molar-refractivity contribution in [3.63, 3.8) is 0 Å². The molecule has 2 rings (SSSR count). The minimum Gasteiger partial charge on any atom is -0.355 e. The molecule has 0 aliphatic heterocycles. The van der Waals surface area contributed by atoms with Crippen LogP contribution in [0, 0.1) is 13.8 Å². The Kier molecular flexibility index (Phi) is 10.1. The lowest BCUT2D eigenvalue weighted by Crippen LogP contribution is -2.49. The molecule has 0 fully saturated rings. The first-order valence-electron chi connectivity index (χ1n) is 11.7.